The Kier molecular flexibility index (Phi) is 7.35. The van der Waals surface area contributed by atoms with Crippen molar-refractivity contribution in [1.82, 2.24) is 25.1 Å². The minimum atomic E-state index is -0.379. The van der Waals surface area contributed by atoms with E-state index in [0.717, 1.165) is 40.2 Å². The van der Waals surface area contributed by atoms with Crippen LogP contribution in [0.5, 0.6) is 5.75 Å². The monoisotopic (exact) mass is 475 g/mol. The number of rotatable bonds is 8. The number of likely N-dealkylation sites (N-methyl/N-ethyl adjacent to an activating group) is 3. The van der Waals surface area contributed by atoms with Crippen LogP contribution in [-0.2, 0) is 4.79 Å². The third-order valence-electron chi connectivity index (χ3n) is 6.38. The second kappa shape index (κ2) is 10.4. The molecule has 2 atom stereocenters. The van der Waals surface area contributed by atoms with Crippen LogP contribution in [0.15, 0.2) is 60.8 Å². The number of hydrogen-bond donors (Lipinski definition) is 2. The van der Waals surface area contributed by atoms with E-state index in [1.807, 2.05) is 82.7 Å². The van der Waals surface area contributed by atoms with Crippen molar-refractivity contribution < 1.29 is 9.90 Å². The second-order valence-corrected chi connectivity index (χ2v) is 9.51. The number of para-hydroxylation sites is 1. The van der Waals surface area contributed by atoms with Crippen molar-refractivity contribution in [3.8, 4) is 16.9 Å². The Morgan fingerprint density at radius 3 is 2.46 bits per heavy atom. The van der Waals surface area contributed by atoms with E-state index in [0.29, 0.717) is 12.3 Å². The van der Waals surface area contributed by atoms with Gasteiger partial charge in [0.05, 0.1) is 11.6 Å². The van der Waals surface area contributed by atoms with Gasteiger partial charge >= 0.3 is 0 Å². The minimum Gasteiger partial charge on any atom is -0.593 e. The van der Waals surface area contributed by atoms with Crippen molar-refractivity contribution in [3.63, 3.8) is 0 Å². The molecular formula is C27H35N6O2+. The highest BCUT2D eigenvalue weighted by Gasteiger charge is 2.29. The van der Waals surface area contributed by atoms with E-state index < -0.39 is 0 Å². The molecule has 1 amide bonds. The summed E-state index contributed by atoms with van der Waals surface area (Å²) in [5.74, 6) is 1.32. The van der Waals surface area contributed by atoms with Gasteiger partial charge in [-0.25, -0.2) is 10.4 Å². The van der Waals surface area contributed by atoms with Gasteiger partial charge in [-0.2, -0.15) is 0 Å². The van der Waals surface area contributed by atoms with Gasteiger partial charge in [0.25, 0.3) is 5.75 Å². The first kappa shape index (κ1) is 24.7. The molecule has 0 spiro atoms. The van der Waals surface area contributed by atoms with Crippen molar-refractivity contribution >= 4 is 11.7 Å². The fourth-order valence-corrected chi connectivity index (χ4v) is 4.40. The zero-order valence-electron chi connectivity index (χ0n) is 21.0. The van der Waals surface area contributed by atoms with Crippen LogP contribution in [0.3, 0.4) is 0 Å². The number of pyridine rings is 1. The number of fused-ring (bicyclic) bond motifs is 1. The Hall–Kier alpha value is -3.46. The summed E-state index contributed by atoms with van der Waals surface area (Å²) in [5, 5.41) is 8.31. The number of nitrogens with one attached hydrogen (secondary N) is 2. The smallest absolute Gasteiger partial charge is 0.259 e. The predicted molar refractivity (Wildman–Crippen MR) is 140 cm³/mol. The molecule has 8 heteroatoms. The number of carbonyl (C=O) groups excluding carboxylic acids is 1. The molecule has 0 bridgehead atoms. The molecule has 1 aliphatic heterocycles. The molecule has 1 aromatic heterocycles. The number of benzene rings is 2. The fraction of sp³-hybridized carbons (Fsp3) is 0.333. The van der Waals surface area contributed by atoms with Gasteiger partial charge < -0.3 is 20.3 Å². The summed E-state index contributed by atoms with van der Waals surface area (Å²) in [6.45, 7) is 1.48. The lowest BCUT2D eigenvalue weighted by Crippen LogP contribution is -2.41. The predicted octanol–water partition coefficient (Wildman–Crippen LogP) is 2.83. The maximum atomic E-state index is 13.3. The van der Waals surface area contributed by atoms with E-state index in [1.54, 1.807) is 11.0 Å². The molecule has 1 aliphatic rings. The van der Waals surface area contributed by atoms with Gasteiger partial charge in [0, 0.05) is 43.5 Å². The van der Waals surface area contributed by atoms with Crippen molar-refractivity contribution in [3.05, 3.63) is 77.5 Å². The van der Waals surface area contributed by atoms with E-state index in [-0.39, 0.29) is 18.0 Å². The lowest BCUT2D eigenvalue weighted by molar-refractivity contribution is -0.135. The highest BCUT2D eigenvalue weighted by Crippen LogP contribution is 2.38. The largest absolute Gasteiger partial charge is 0.593 e. The number of amides is 1. The molecule has 184 valence electrons. The summed E-state index contributed by atoms with van der Waals surface area (Å²) in [6.07, 6.45) is 1.84. The molecule has 3 aromatic rings. The maximum absolute atomic E-state index is 13.3. The van der Waals surface area contributed by atoms with Gasteiger partial charge in [-0.3, -0.25) is 9.69 Å². The van der Waals surface area contributed by atoms with Crippen LogP contribution in [0, 0.1) is 0 Å². The van der Waals surface area contributed by atoms with Gasteiger partial charge in [-0.05, 0) is 57.5 Å². The second-order valence-electron chi connectivity index (χ2n) is 9.51. The summed E-state index contributed by atoms with van der Waals surface area (Å²) in [5.41, 5.74) is 11.2. The van der Waals surface area contributed by atoms with E-state index >= 15 is 0 Å². The fourth-order valence-electron chi connectivity index (χ4n) is 4.40. The average molecular weight is 476 g/mol. The third kappa shape index (κ3) is 5.30. The SMILES string of the molecule is CN(C)CCN(C)C(=O)C(c1cccc(-c2cnc3c(c2)C(c2ccccc2[OH2+])NN3)c1)N(C)C. The molecule has 8 nitrogen and oxygen atoms in total. The molecule has 35 heavy (non-hydrogen) atoms. The number of nitrogens with zero attached hydrogens (tertiary/aromatic N) is 4. The van der Waals surface area contributed by atoms with Gasteiger partial charge in [-0.1, -0.05) is 30.3 Å². The highest BCUT2D eigenvalue weighted by molar-refractivity contribution is 5.83. The van der Waals surface area contributed by atoms with Gasteiger partial charge in [-0.15, -0.1) is 0 Å². The lowest BCUT2D eigenvalue weighted by atomic mass is 9.95. The first-order chi connectivity index (χ1) is 16.8. The Bertz CT molecular complexity index is 1200. The van der Waals surface area contributed by atoms with E-state index in [9.17, 15) is 4.79 Å². The van der Waals surface area contributed by atoms with Gasteiger partial charge in [0.1, 0.15) is 11.9 Å². The van der Waals surface area contributed by atoms with Crippen LogP contribution in [0.2, 0.25) is 0 Å². The first-order valence-electron chi connectivity index (χ1n) is 11.7. The normalized spacial score (nSPS) is 15.7. The Balaban J connectivity index is 1.64. The molecule has 2 unspecified atom stereocenters. The zero-order chi connectivity index (χ0) is 25.1. The molecule has 0 saturated heterocycles. The number of carbonyl (C=O) groups is 1. The van der Waals surface area contributed by atoms with Crippen molar-refractivity contribution in [2.24, 2.45) is 0 Å². The van der Waals surface area contributed by atoms with E-state index in [2.05, 4.69) is 32.9 Å². The first-order valence-corrected chi connectivity index (χ1v) is 11.7. The molecule has 4 N–H and O–H groups in total. The van der Waals surface area contributed by atoms with Gasteiger partial charge in [0.2, 0.25) is 5.91 Å². The van der Waals surface area contributed by atoms with Crippen molar-refractivity contribution in [2.45, 2.75) is 12.1 Å². The summed E-state index contributed by atoms with van der Waals surface area (Å²) < 4.78 is 0. The Morgan fingerprint density at radius 2 is 1.74 bits per heavy atom. The summed E-state index contributed by atoms with van der Waals surface area (Å²) in [4.78, 5) is 23.8. The van der Waals surface area contributed by atoms with Crippen LogP contribution >= 0.6 is 0 Å². The maximum Gasteiger partial charge on any atom is 0.259 e. The molecule has 0 radical (unpaired) electrons. The van der Waals surface area contributed by atoms with Crippen LogP contribution in [0.1, 0.15) is 28.8 Å². The molecule has 0 aliphatic carbocycles. The Labute approximate surface area is 207 Å². The standard InChI is InChI=1S/C27H34N6O2/c1-31(2)13-14-33(5)27(35)25(32(3)4)19-10-8-9-18(15-19)20-16-22-24(29-30-26(22)28-17-20)21-11-6-7-12-23(21)34/h6-12,15-17,24-25,29,34H,13-14H2,1-5H3,(H,28,30)/p+1. The van der Waals surface area contributed by atoms with Crippen LogP contribution in [0.25, 0.3) is 11.1 Å². The topological polar surface area (TPSA) is 86.6 Å². The summed E-state index contributed by atoms with van der Waals surface area (Å²) in [6, 6.07) is 17.3. The van der Waals surface area contributed by atoms with Crippen molar-refractivity contribution in [2.75, 3.05) is 53.8 Å². The minimum absolute atomic E-state index is 0.0709. The third-order valence-corrected chi connectivity index (χ3v) is 6.38. The van der Waals surface area contributed by atoms with Crippen LogP contribution < -0.4 is 10.9 Å². The molecule has 0 fully saturated rings. The molecule has 2 aromatic carbocycles. The van der Waals surface area contributed by atoms with Crippen LogP contribution in [0.4, 0.5) is 5.82 Å². The highest BCUT2D eigenvalue weighted by atomic mass is 16.3. The van der Waals surface area contributed by atoms with E-state index in [4.69, 9.17) is 5.11 Å². The molecule has 0 saturated carbocycles. The van der Waals surface area contributed by atoms with Gasteiger partial charge in [0.15, 0.2) is 0 Å². The van der Waals surface area contributed by atoms with Crippen LogP contribution in [-0.4, -0.2) is 79.0 Å². The molecule has 2 heterocycles. The number of aromatic nitrogens is 1. The summed E-state index contributed by atoms with van der Waals surface area (Å²) >= 11 is 0. The molecular weight excluding hydrogens is 440 g/mol. The number of hydrazine groups is 1. The molecule has 4 rings (SSSR count). The Morgan fingerprint density at radius 1 is 0.971 bits per heavy atom. The van der Waals surface area contributed by atoms with Crippen molar-refractivity contribution in [1.29, 1.82) is 0 Å². The number of anilines is 1. The lowest BCUT2D eigenvalue weighted by Gasteiger charge is -2.29. The van der Waals surface area contributed by atoms with E-state index in [1.165, 1.54) is 0 Å². The zero-order valence-corrected chi connectivity index (χ0v) is 21.0. The number of hydrogen-bond acceptors (Lipinski definition) is 6. The quantitative estimate of drug-likeness (QED) is 0.487. The average Bonchev–Trinajstić information content (AvgIpc) is 3.26. The summed E-state index contributed by atoms with van der Waals surface area (Å²) in [7, 11) is 9.75.